The summed E-state index contributed by atoms with van der Waals surface area (Å²) >= 11 is 0. The molecule has 1 N–H and O–H groups in total. The van der Waals surface area contributed by atoms with Gasteiger partial charge in [-0.05, 0) is 42.0 Å². The number of rotatable bonds is 2. The smallest absolute Gasteiger partial charge is 0.122 e. The van der Waals surface area contributed by atoms with E-state index in [2.05, 4.69) is 40.3 Å². The molecule has 1 aromatic carbocycles. The summed E-state index contributed by atoms with van der Waals surface area (Å²) in [5.41, 5.74) is 4.13. The second-order valence-corrected chi connectivity index (χ2v) is 5.42. The van der Waals surface area contributed by atoms with Crippen molar-refractivity contribution in [3.63, 3.8) is 0 Å². The monoisotopic (exact) mass is 218 g/mol. The van der Waals surface area contributed by atoms with Gasteiger partial charge in [0.15, 0.2) is 0 Å². The van der Waals surface area contributed by atoms with Gasteiger partial charge >= 0.3 is 0 Å². The third-order valence-corrected chi connectivity index (χ3v) is 2.87. The topological polar surface area (TPSA) is 20.2 Å². The minimum Gasteiger partial charge on any atom is -0.507 e. The zero-order chi connectivity index (χ0) is 12.5. The van der Waals surface area contributed by atoms with E-state index >= 15 is 0 Å². The highest BCUT2D eigenvalue weighted by Crippen LogP contribution is 2.35. The van der Waals surface area contributed by atoms with E-state index in [0.29, 0.717) is 5.75 Å². The summed E-state index contributed by atoms with van der Waals surface area (Å²) in [6.45, 7) is 14.4. The standard InChI is InChI=1S/C15H22O/c1-7-11-8-12(10(2)3)9-13(14(11)16)15(4,5)6/h8-9,16H,2,7H2,1,3-6H3. The molecule has 0 aromatic heterocycles. The zero-order valence-electron chi connectivity index (χ0n) is 11.0. The molecule has 0 bridgehead atoms. The van der Waals surface area contributed by atoms with Crippen LogP contribution < -0.4 is 0 Å². The quantitative estimate of drug-likeness (QED) is 0.785. The molecular formula is C15H22O. The van der Waals surface area contributed by atoms with Crippen LogP contribution in [0.3, 0.4) is 0 Å². The van der Waals surface area contributed by atoms with Crippen LogP contribution in [0.1, 0.15) is 51.3 Å². The average Bonchev–Trinajstić information content (AvgIpc) is 2.15. The lowest BCUT2D eigenvalue weighted by atomic mass is 9.83. The van der Waals surface area contributed by atoms with E-state index in [-0.39, 0.29) is 5.41 Å². The Morgan fingerprint density at radius 2 is 1.88 bits per heavy atom. The number of phenols is 1. The zero-order valence-corrected chi connectivity index (χ0v) is 11.0. The highest BCUT2D eigenvalue weighted by molar-refractivity contribution is 5.65. The molecule has 88 valence electrons. The Bertz CT molecular complexity index is 408. The summed E-state index contributed by atoms with van der Waals surface area (Å²) in [5, 5.41) is 10.2. The maximum atomic E-state index is 10.2. The molecule has 0 atom stereocenters. The minimum atomic E-state index is -0.0422. The Morgan fingerprint density at radius 1 is 1.31 bits per heavy atom. The highest BCUT2D eigenvalue weighted by Gasteiger charge is 2.20. The first-order valence-corrected chi connectivity index (χ1v) is 5.79. The van der Waals surface area contributed by atoms with Gasteiger partial charge in [-0.25, -0.2) is 0 Å². The number of aryl methyl sites for hydroxylation is 1. The fraction of sp³-hybridized carbons (Fsp3) is 0.467. The molecule has 0 radical (unpaired) electrons. The molecule has 0 spiro atoms. The molecule has 1 aromatic rings. The van der Waals surface area contributed by atoms with Gasteiger partial charge < -0.3 is 5.11 Å². The largest absolute Gasteiger partial charge is 0.507 e. The number of allylic oxidation sites excluding steroid dienone is 1. The van der Waals surface area contributed by atoms with Crippen LogP contribution in [0.15, 0.2) is 18.7 Å². The van der Waals surface area contributed by atoms with Gasteiger partial charge in [0.2, 0.25) is 0 Å². The number of benzene rings is 1. The molecule has 0 aliphatic rings. The Morgan fingerprint density at radius 3 is 2.25 bits per heavy atom. The van der Waals surface area contributed by atoms with Crippen LogP contribution in [0.4, 0.5) is 0 Å². The van der Waals surface area contributed by atoms with Crippen molar-refractivity contribution in [1.82, 2.24) is 0 Å². The SMILES string of the molecule is C=C(C)c1cc(CC)c(O)c(C(C)(C)C)c1. The summed E-state index contributed by atoms with van der Waals surface area (Å²) in [6, 6.07) is 4.09. The van der Waals surface area contributed by atoms with Gasteiger partial charge in [-0.1, -0.05) is 39.8 Å². The molecule has 0 saturated heterocycles. The molecule has 0 amide bonds. The Hall–Kier alpha value is -1.24. The molecule has 1 rings (SSSR count). The van der Waals surface area contributed by atoms with E-state index in [1.807, 2.05) is 13.0 Å². The van der Waals surface area contributed by atoms with E-state index in [1.54, 1.807) is 0 Å². The maximum absolute atomic E-state index is 10.2. The van der Waals surface area contributed by atoms with Crippen molar-refractivity contribution < 1.29 is 5.11 Å². The molecule has 0 saturated carbocycles. The van der Waals surface area contributed by atoms with E-state index < -0.39 is 0 Å². The van der Waals surface area contributed by atoms with Crippen molar-refractivity contribution in [1.29, 1.82) is 0 Å². The Kier molecular flexibility index (Phi) is 3.47. The van der Waals surface area contributed by atoms with Gasteiger partial charge in [0.1, 0.15) is 5.75 Å². The lowest BCUT2D eigenvalue weighted by Gasteiger charge is -2.23. The second kappa shape index (κ2) is 4.32. The third kappa shape index (κ3) is 2.46. The molecule has 1 heteroatoms. The molecule has 0 aliphatic carbocycles. The minimum absolute atomic E-state index is 0.0422. The first kappa shape index (κ1) is 12.8. The van der Waals surface area contributed by atoms with Crippen LogP contribution >= 0.6 is 0 Å². The second-order valence-electron chi connectivity index (χ2n) is 5.42. The lowest BCUT2D eigenvalue weighted by Crippen LogP contribution is -2.12. The van der Waals surface area contributed by atoms with Crippen molar-refractivity contribution >= 4 is 5.57 Å². The third-order valence-electron chi connectivity index (χ3n) is 2.87. The van der Waals surface area contributed by atoms with Crippen LogP contribution in [-0.4, -0.2) is 5.11 Å². The highest BCUT2D eigenvalue weighted by atomic mass is 16.3. The van der Waals surface area contributed by atoms with Crippen LogP contribution in [0, 0.1) is 0 Å². The molecule has 0 unspecified atom stereocenters. The summed E-state index contributed by atoms with van der Waals surface area (Å²) in [4.78, 5) is 0. The van der Waals surface area contributed by atoms with Gasteiger partial charge in [0.25, 0.3) is 0 Å². The molecule has 0 heterocycles. The maximum Gasteiger partial charge on any atom is 0.122 e. The molecule has 1 nitrogen and oxygen atoms in total. The van der Waals surface area contributed by atoms with Crippen molar-refractivity contribution in [3.8, 4) is 5.75 Å². The predicted octanol–water partition coefficient (Wildman–Crippen LogP) is 4.29. The van der Waals surface area contributed by atoms with Gasteiger partial charge in [0, 0.05) is 5.56 Å². The predicted molar refractivity (Wildman–Crippen MR) is 70.9 cm³/mol. The molecule has 16 heavy (non-hydrogen) atoms. The fourth-order valence-corrected chi connectivity index (χ4v) is 1.78. The normalized spacial score (nSPS) is 11.6. The Balaban J connectivity index is 3.48. The van der Waals surface area contributed by atoms with E-state index in [1.165, 1.54) is 0 Å². The molecule has 0 fully saturated rings. The van der Waals surface area contributed by atoms with Crippen LogP contribution in [0.2, 0.25) is 0 Å². The summed E-state index contributed by atoms with van der Waals surface area (Å²) in [6.07, 6.45) is 0.843. The number of hydrogen-bond acceptors (Lipinski definition) is 1. The number of phenolic OH excluding ortho intramolecular Hbond substituents is 1. The molecule has 0 aliphatic heterocycles. The lowest BCUT2D eigenvalue weighted by molar-refractivity contribution is 0.441. The van der Waals surface area contributed by atoms with Crippen LogP contribution in [0.25, 0.3) is 5.57 Å². The van der Waals surface area contributed by atoms with Crippen LogP contribution in [0.5, 0.6) is 5.75 Å². The average molecular weight is 218 g/mol. The fourth-order valence-electron chi connectivity index (χ4n) is 1.78. The van der Waals surface area contributed by atoms with Crippen molar-refractivity contribution in [3.05, 3.63) is 35.4 Å². The van der Waals surface area contributed by atoms with Crippen molar-refractivity contribution in [2.24, 2.45) is 0 Å². The van der Waals surface area contributed by atoms with Gasteiger partial charge in [-0.2, -0.15) is 0 Å². The van der Waals surface area contributed by atoms with Crippen molar-refractivity contribution in [2.45, 2.75) is 46.5 Å². The van der Waals surface area contributed by atoms with Gasteiger partial charge in [0.05, 0.1) is 0 Å². The van der Waals surface area contributed by atoms with Crippen molar-refractivity contribution in [2.75, 3.05) is 0 Å². The summed E-state index contributed by atoms with van der Waals surface area (Å²) < 4.78 is 0. The van der Waals surface area contributed by atoms with Gasteiger partial charge in [-0.15, -0.1) is 0 Å². The first-order chi connectivity index (χ1) is 7.27. The summed E-state index contributed by atoms with van der Waals surface area (Å²) in [5.74, 6) is 0.444. The Labute approximate surface area is 98.8 Å². The van der Waals surface area contributed by atoms with Crippen LogP contribution in [-0.2, 0) is 11.8 Å². The number of hydrogen-bond donors (Lipinski definition) is 1. The molecular weight excluding hydrogens is 196 g/mol. The summed E-state index contributed by atoms with van der Waals surface area (Å²) in [7, 11) is 0. The van der Waals surface area contributed by atoms with E-state index in [9.17, 15) is 5.11 Å². The van der Waals surface area contributed by atoms with E-state index in [4.69, 9.17) is 0 Å². The van der Waals surface area contributed by atoms with Gasteiger partial charge in [-0.3, -0.25) is 0 Å². The van der Waals surface area contributed by atoms with E-state index in [0.717, 1.165) is 28.7 Å². The number of aromatic hydroxyl groups is 1. The first-order valence-electron chi connectivity index (χ1n) is 5.79.